The van der Waals surface area contributed by atoms with Crippen LogP contribution in [0, 0.1) is 6.92 Å². The number of ether oxygens (including phenoxy) is 1. The Hall–Kier alpha value is -2.76. The average Bonchev–Trinajstić information content (AvgIpc) is 2.59. The molecule has 1 aromatic heterocycles. The highest BCUT2D eigenvalue weighted by atomic mass is 16.5. The summed E-state index contributed by atoms with van der Waals surface area (Å²) >= 11 is 0. The Bertz CT molecular complexity index is 657. The van der Waals surface area contributed by atoms with E-state index >= 15 is 0 Å². The first-order chi connectivity index (χ1) is 11.1. The van der Waals surface area contributed by atoms with Crippen LogP contribution in [-0.4, -0.2) is 28.5 Å². The standard InChI is InChI=1S/C17H19N3O3/c1-3-14(13-6-4-12(2)5-7-13)20-16(21)11-23-17(22)15-10-18-8-9-19-15/h4-10,14H,3,11H2,1-2H3,(H,20,21)/t14-/m0/s1. The highest BCUT2D eigenvalue weighted by Gasteiger charge is 2.15. The molecule has 1 amide bonds. The van der Waals surface area contributed by atoms with E-state index in [4.69, 9.17) is 4.74 Å². The Morgan fingerprint density at radius 2 is 1.96 bits per heavy atom. The van der Waals surface area contributed by atoms with E-state index in [1.54, 1.807) is 0 Å². The van der Waals surface area contributed by atoms with Crippen LogP contribution in [0.5, 0.6) is 0 Å². The molecule has 1 atom stereocenters. The second kappa shape index (κ2) is 8.03. The summed E-state index contributed by atoms with van der Waals surface area (Å²) in [6.45, 7) is 3.64. The van der Waals surface area contributed by atoms with Gasteiger partial charge >= 0.3 is 5.97 Å². The molecule has 0 radical (unpaired) electrons. The fraction of sp³-hybridized carbons (Fsp3) is 0.294. The van der Waals surface area contributed by atoms with Gasteiger partial charge in [-0.15, -0.1) is 0 Å². The quantitative estimate of drug-likeness (QED) is 0.827. The molecule has 23 heavy (non-hydrogen) atoms. The minimum absolute atomic E-state index is 0.0749. The molecule has 0 unspecified atom stereocenters. The summed E-state index contributed by atoms with van der Waals surface area (Å²) in [6.07, 6.45) is 4.88. The molecule has 6 heteroatoms. The number of hydrogen-bond donors (Lipinski definition) is 1. The summed E-state index contributed by atoms with van der Waals surface area (Å²) in [6, 6.07) is 7.85. The van der Waals surface area contributed by atoms with Gasteiger partial charge in [-0.05, 0) is 18.9 Å². The number of nitrogens with one attached hydrogen (secondary N) is 1. The minimum Gasteiger partial charge on any atom is -0.451 e. The normalized spacial score (nSPS) is 11.6. The molecule has 1 heterocycles. The van der Waals surface area contributed by atoms with Crippen LogP contribution < -0.4 is 5.32 Å². The van der Waals surface area contributed by atoms with E-state index in [1.807, 2.05) is 38.1 Å². The Kier molecular flexibility index (Phi) is 5.80. The molecule has 0 saturated carbocycles. The molecule has 1 aromatic carbocycles. The van der Waals surface area contributed by atoms with E-state index in [0.717, 1.165) is 17.5 Å². The van der Waals surface area contributed by atoms with Crippen LogP contribution in [0.1, 0.15) is 41.0 Å². The zero-order chi connectivity index (χ0) is 16.7. The van der Waals surface area contributed by atoms with E-state index in [9.17, 15) is 9.59 Å². The van der Waals surface area contributed by atoms with Crippen LogP contribution >= 0.6 is 0 Å². The zero-order valence-electron chi connectivity index (χ0n) is 13.2. The number of hydrogen-bond acceptors (Lipinski definition) is 5. The first-order valence-electron chi connectivity index (χ1n) is 7.39. The molecule has 1 N–H and O–H groups in total. The Balaban J connectivity index is 1.88. The van der Waals surface area contributed by atoms with Crippen molar-refractivity contribution in [2.24, 2.45) is 0 Å². The highest BCUT2D eigenvalue weighted by Crippen LogP contribution is 2.16. The summed E-state index contributed by atoms with van der Waals surface area (Å²) in [4.78, 5) is 31.3. The lowest BCUT2D eigenvalue weighted by atomic mass is 10.0. The first kappa shape index (κ1) is 16.6. The third-order valence-electron chi connectivity index (χ3n) is 3.33. The summed E-state index contributed by atoms with van der Waals surface area (Å²) < 4.78 is 4.94. The first-order valence-corrected chi connectivity index (χ1v) is 7.39. The molecular weight excluding hydrogens is 294 g/mol. The summed E-state index contributed by atoms with van der Waals surface area (Å²) in [7, 11) is 0. The number of carbonyl (C=O) groups is 2. The number of esters is 1. The predicted octanol–water partition coefficient (Wildman–Crippen LogP) is 2.21. The molecule has 0 aliphatic rings. The van der Waals surface area contributed by atoms with Gasteiger partial charge in [-0.3, -0.25) is 9.78 Å². The Morgan fingerprint density at radius 3 is 2.57 bits per heavy atom. The third-order valence-corrected chi connectivity index (χ3v) is 3.33. The maximum absolute atomic E-state index is 12.0. The van der Waals surface area contributed by atoms with Crippen LogP contribution in [0.25, 0.3) is 0 Å². The monoisotopic (exact) mass is 313 g/mol. The maximum atomic E-state index is 12.0. The maximum Gasteiger partial charge on any atom is 0.359 e. The molecule has 0 fully saturated rings. The summed E-state index contributed by atoms with van der Waals surface area (Å²) in [5, 5.41) is 2.86. The molecule has 6 nitrogen and oxygen atoms in total. The SMILES string of the molecule is CC[C@H](NC(=O)COC(=O)c1cnccn1)c1ccc(C)cc1. The van der Waals surface area contributed by atoms with Gasteiger partial charge in [-0.25, -0.2) is 9.78 Å². The number of aromatic nitrogens is 2. The lowest BCUT2D eigenvalue weighted by Crippen LogP contribution is -2.32. The lowest BCUT2D eigenvalue weighted by Gasteiger charge is -2.17. The topological polar surface area (TPSA) is 81.2 Å². The van der Waals surface area contributed by atoms with Crippen molar-refractivity contribution < 1.29 is 14.3 Å². The van der Waals surface area contributed by atoms with Gasteiger partial charge in [0.05, 0.1) is 12.2 Å². The van der Waals surface area contributed by atoms with Crippen LogP contribution in [0.3, 0.4) is 0 Å². The molecule has 0 saturated heterocycles. The van der Waals surface area contributed by atoms with Crippen molar-refractivity contribution in [2.75, 3.05) is 6.61 Å². The number of carbonyl (C=O) groups excluding carboxylic acids is 2. The van der Waals surface area contributed by atoms with Gasteiger partial charge in [0.2, 0.25) is 0 Å². The van der Waals surface area contributed by atoms with Crippen molar-refractivity contribution in [2.45, 2.75) is 26.3 Å². The molecule has 0 aliphatic carbocycles. The second-order valence-electron chi connectivity index (χ2n) is 5.11. The van der Waals surface area contributed by atoms with Gasteiger partial charge in [0.1, 0.15) is 0 Å². The highest BCUT2D eigenvalue weighted by molar-refractivity contribution is 5.89. The number of nitrogens with zero attached hydrogens (tertiary/aromatic N) is 2. The Labute approximate surface area is 134 Å². The molecule has 2 rings (SSSR count). The smallest absolute Gasteiger partial charge is 0.359 e. The van der Waals surface area contributed by atoms with Crippen LogP contribution in [0.2, 0.25) is 0 Å². The minimum atomic E-state index is -0.670. The largest absolute Gasteiger partial charge is 0.451 e. The van der Waals surface area contributed by atoms with Crippen molar-refractivity contribution in [3.8, 4) is 0 Å². The summed E-state index contributed by atoms with van der Waals surface area (Å²) in [5.74, 6) is -1.02. The van der Waals surface area contributed by atoms with E-state index in [1.165, 1.54) is 18.6 Å². The molecular formula is C17H19N3O3. The molecule has 0 bridgehead atoms. The van der Waals surface area contributed by atoms with E-state index in [-0.39, 0.29) is 24.2 Å². The fourth-order valence-corrected chi connectivity index (χ4v) is 2.07. The molecule has 0 spiro atoms. The average molecular weight is 313 g/mol. The van der Waals surface area contributed by atoms with Gasteiger partial charge in [0.25, 0.3) is 5.91 Å². The van der Waals surface area contributed by atoms with Crippen molar-refractivity contribution in [3.05, 3.63) is 59.7 Å². The van der Waals surface area contributed by atoms with Crippen molar-refractivity contribution in [3.63, 3.8) is 0 Å². The zero-order valence-corrected chi connectivity index (χ0v) is 13.2. The number of amides is 1. The van der Waals surface area contributed by atoms with Crippen molar-refractivity contribution in [1.82, 2.24) is 15.3 Å². The number of benzene rings is 1. The molecule has 0 aliphatic heterocycles. The van der Waals surface area contributed by atoms with Crippen LogP contribution in [0.15, 0.2) is 42.9 Å². The van der Waals surface area contributed by atoms with Crippen molar-refractivity contribution >= 4 is 11.9 Å². The van der Waals surface area contributed by atoms with Gasteiger partial charge in [0, 0.05) is 12.4 Å². The fourth-order valence-electron chi connectivity index (χ4n) is 2.07. The van der Waals surface area contributed by atoms with E-state index in [0.29, 0.717) is 0 Å². The van der Waals surface area contributed by atoms with Crippen molar-refractivity contribution in [1.29, 1.82) is 0 Å². The van der Waals surface area contributed by atoms with Crippen LogP contribution in [0.4, 0.5) is 0 Å². The van der Waals surface area contributed by atoms with E-state index < -0.39 is 5.97 Å². The van der Waals surface area contributed by atoms with Crippen LogP contribution in [-0.2, 0) is 9.53 Å². The lowest BCUT2D eigenvalue weighted by molar-refractivity contribution is -0.125. The van der Waals surface area contributed by atoms with Gasteiger partial charge in [-0.2, -0.15) is 0 Å². The summed E-state index contributed by atoms with van der Waals surface area (Å²) in [5.41, 5.74) is 2.26. The molecule has 120 valence electrons. The third kappa shape index (κ3) is 4.88. The number of aryl methyl sites for hydroxylation is 1. The number of rotatable bonds is 6. The van der Waals surface area contributed by atoms with Gasteiger partial charge in [0.15, 0.2) is 12.3 Å². The van der Waals surface area contributed by atoms with Gasteiger partial charge in [-0.1, -0.05) is 36.8 Å². The predicted molar refractivity (Wildman–Crippen MR) is 84.7 cm³/mol. The molecule has 2 aromatic rings. The van der Waals surface area contributed by atoms with Gasteiger partial charge < -0.3 is 10.1 Å². The van der Waals surface area contributed by atoms with E-state index in [2.05, 4.69) is 15.3 Å². The second-order valence-corrected chi connectivity index (χ2v) is 5.11. The Morgan fingerprint density at radius 1 is 1.22 bits per heavy atom.